The Bertz CT molecular complexity index is 136. The SMILES string of the molecule is C=CC=COC(=O)CCC. The molecule has 0 aromatic carbocycles. The van der Waals surface area contributed by atoms with Gasteiger partial charge in [-0.05, 0) is 12.5 Å². The van der Waals surface area contributed by atoms with Gasteiger partial charge < -0.3 is 4.74 Å². The van der Waals surface area contributed by atoms with Gasteiger partial charge in [-0.2, -0.15) is 0 Å². The first-order chi connectivity index (χ1) is 4.81. The van der Waals surface area contributed by atoms with E-state index in [1.807, 2.05) is 6.92 Å². The zero-order valence-corrected chi connectivity index (χ0v) is 6.17. The highest BCUT2D eigenvalue weighted by Gasteiger charge is 1.95. The second-order valence-electron chi connectivity index (χ2n) is 1.80. The van der Waals surface area contributed by atoms with Crippen molar-refractivity contribution in [3.8, 4) is 0 Å². The van der Waals surface area contributed by atoms with E-state index >= 15 is 0 Å². The summed E-state index contributed by atoms with van der Waals surface area (Å²) in [5.41, 5.74) is 0. The molecule has 10 heavy (non-hydrogen) atoms. The predicted octanol–water partition coefficient (Wildman–Crippen LogP) is 2.03. The van der Waals surface area contributed by atoms with Crippen molar-refractivity contribution in [3.63, 3.8) is 0 Å². The molecule has 0 aromatic rings. The average molecular weight is 140 g/mol. The molecule has 56 valence electrons. The fourth-order valence-corrected chi connectivity index (χ4v) is 0.434. The first-order valence-corrected chi connectivity index (χ1v) is 3.28. The Morgan fingerprint density at radius 3 is 2.90 bits per heavy atom. The quantitative estimate of drug-likeness (QED) is 0.339. The molecule has 0 saturated heterocycles. The van der Waals surface area contributed by atoms with Crippen LogP contribution < -0.4 is 0 Å². The number of carbonyl (C=O) groups excluding carboxylic acids is 1. The van der Waals surface area contributed by atoms with Crippen molar-refractivity contribution < 1.29 is 9.53 Å². The molecule has 0 saturated carbocycles. The Balaban J connectivity index is 3.38. The monoisotopic (exact) mass is 140 g/mol. The van der Waals surface area contributed by atoms with E-state index in [9.17, 15) is 4.79 Å². The van der Waals surface area contributed by atoms with Crippen molar-refractivity contribution in [3.05, 3.63) is 25.0 Å². The topological polar surface area (TPSA) is 26.3 Å². The minimum absolute atomic E-state index is 0.194. The molecule has 0 fully saturated rings. The summed E-state index contributed by atoms with van der Waals surface area (Å²) in [5, 5.41) is 0. The molecule has 0 unspecified atom stereocenters. The van der Waals surface area contributed by atoms with E-state index in [1.54, 1.807) is 12.2 Å². The molecule has 0 N–H and O–H groups in total. The summed E-state index contributed by atoms with van der Waals surface area (Å²) in [6.07, 6.45) is 5.76. The molecule has 2 heteroatoms. The van der Waals surface area contributed by atoms with Gasteiger partial charge >= 0.3 is 5.97 Å². The van der Waals surface area contributed by atoms with Crippen LogP contribution in [0.3, 0.4) is 0 Å². The Hall–Kier alpha value is -1.05. The number of hydrogen-bond acceptors (Lipinski definition) is 2. The fraction of sp³-hybridized carbons (Fsp3) is 0.375. The maximum atomic E-state index is 10.6. The molecule has 0 rings (SSSR count). The maximum absolute atomic E-state index is 10.6. The van der Waals surface area contributed by atoms with E-state index in [-0.39, 0.29) is 5.97 Å². The van der Waals surface area contributed by atoms with E-state index in [4.69, 9.17) is 0 Å². The maximum Gasteiger partial charge on any atom is 0.310 e. The number of allylic oxidation sites excluding steroid dienone is 2. The van der Waals surface area contributed by atoms with Crippen LogP contribution in [0.15, 0.2) is 25.0 Å². The smallest absolute Gasteiger partial charge is 0.310 e. The van der Waals surface area contributed by atoms with E-state index < -0.39 is 0 Å². The normalized spacial score (nSPS) is 9.70. The largest absolute Gasteiger partial charge is 0.434 e. The molecule has 0 amide bonds. The summed E-state index contributed by atoms with van der Waals surface area (Å²) in [7, 11) is 0. The third kappa shape index (κ3) is 5.09. The van der Waals surface area contributed by atoms with Crippen molar-refractivity contribution >= 4 is 5.97 Å². The molecule has 0 aliphatic heterocycles. The Morgan fingerprint density at radius 1 is 1.70 bits per heavy atom. The van der Waals surface area contributed by atoms with Crippen molar-refractivity contribution in [1.29, 1.82) is 0 Å². The lowest BCUT2D eigenvalue weighted by molar-refractivity contribution is -0.138. The summed E-state index contributed by atoms with van der Waals surface area (Å²) >= 11 is 0. The Kier molecular flexibility index (Phi) is 5.44. The van der Waals surface area contributed by atoms with Gasteiger partial charge in [0.1, 0.15) is 0 Å². The highest BCUT2D eigenvalue weighted by molar-refractivity contribution is 5.69. The van der Waals surface area contributed by atoms with Crippen LogP contribution in [0.5, 0.6) is 0 Å². The number of carbonyl (C=O) groups is 1. The van der Waals surface area contributed by atoms with Gasteiger partial charge in [-0.1, -0.05) is 19.6 Å². The third-order valence-electron chi connectivity index (χ3n) is 0.868. The Labute approximate surface area is 61.2 Å². The molecule has 0 aliphatic rings. The molecule has 0 aromatic heterocycles. The minimum Gasteiger partial charge on any atom is -0.434 e. The molecule has 0 heterocycles. The number of rotatable bonds is 4. The molecule has 2 nitrogen and oxygen atoms in total. The van der Waals surface area contributed by atoms with Gasteiger partial charge in [0.15, 0.2) is 0 Å². The van der Waals surface area contributed by atoms with Crippen molar-refractivity contribution in [1.82, 2.24) is 0 Å². The lowest BCUT2D eigenvalue weighted by atomic mass is 10.3. The van der Waals surface area contributed by atoms with E-state index in [2.05, 4.69) is 11.3 Å². The van der Waals surface area contributed by atoms with Crippen LogP contribution in [-0.2, 0) is 9.53 Å². The van der Waals surface area contributed by atoms with Crippen molar-refractivity contribution in [2.45, 2.75) is 19.8 Å². The van der Waals surface area contributed by atoms with Crippen molar-refractivity contribution in [2.75, 3.05) is 0 Å². The molecule has 0 aliphatic carbocycles. The number of ether oxygens (including phenoxy) is 1. The zero-order valence-electron chi connectivity index (χ0n) is 6.17. The van der Waals surface area contributed by atoms with Crippen LogP contribution in [0, 0.1) is 0 Å². The van der Waals surface area contributed by atoms with Crippen molar-refractivity contribution in [2.24, 2.45) is 0 Å². The van der Waals surface area contributed by atoms with Gasteiger partial charge in [0.05, 0.1) is 6.26 Å². The summed E-state index contributed by atoms with van der Waals surface area (Å²) in [5.74, 6) is -0.194. The van der Waals surface area contributed by atoms with Crippen LogP contribution in [-0.4, -0.2) is 5.97 Å². The highest BCUT2D eigenvalue weighted by Crippen LogP contribution is 1.91. The highest BCUT2D eigenvalue weighted by atomic mass is 16.5. The Morgan fingerprint density at radius 2 is 2.40 bits per heavy atom. The van der Waals surface area contributed by atoms with Crippen LogP contribution in [0.4, 0.5) is 0 Å². The van der Waals surface area contributed by atoms with Crippen LogP contribution in [0.1, 0.15) is 19.8 Å². The molecule has 0 radical (unpaired) electrons. The summed E-state index contributed by atoms with van der Waals surface area (Å²) < 4.78 is 4.63. The second-order valence-corrected chi connectivity index (χ2v) is 1.80. The van der Waals surface area contributed by atoms with Gasteiger partial charge in [0.2, 0.25) is 0 Å². The second kappa shape index (κ2) is 6.08. The standard InChI is InChI=1S/C8H12O2/c1-3-5-7-10-8(9)6-4-2/h3,5,7H,1,4,6H2,2H3. The molecule has 0 bridgehead atoms. The lowest BCUT2D eigenvalue weighted by Crippen LogP contribution is -1.96. The van der Waals surface area contributed by atoms with Gasteiger partial charge in [-0.15, -0.1) is 0 Å². The third-order valence-corrected chi connectivity index (χ3v) is 0.868. The van der Waals surface area contributed by atoms with Crippen LogP contribution in [0.2, 0.25) is 0 Å². The van der Waals surface area contributed by atoms with Gasteiger partial charge in [0, 0.05) is 6.42 Å². The predicted molar refractivity (Wildman–Crippen MR) is 40.3 cm³/mol. The van der Waals surface area contributed by atoms with E-state index in [0.29, 0.717) is 6.42 Å². The van der Waals surface area contributed by atoms with Gasteiger partial charge in [-0.3, -0.25) is 4.79 Å². The molecular weight excluding hydrogens is 128 g/mol. The van der Waals surface area contributed by atoms with E-state index in [0.717, 1.165) is 6.42 Å². The first-order valence-electron chi connectivity index (χ1n) is 3.28. The number of hydrogen-bond donors (Lipinski definition) is 0. The fourth-order valence-electron chi connectivity index (χ4n) is 0.434. The average Bonchev–Trinajstić information content (AvgIpc) is 1.89. The summed E-state index contributed by atoms with van der Waals surface area (Å²) in [6.45, 7) is 5.35. The van der Waals surface area contributed by atoms with E-state index in [1.165, 1.54) is 6.26 Å². The van der Waals surface area contributed by atoms with Gasteiger partial charge in [-0.25, -0.2) is 0 Å². The molecular formula is C8H12O2. The van der Waals surface area contributed by atoms with Crippen LogP contribution >= 0.6 is 0 Å². The van der Waals surface area contributed by atoms with Crippen LogP contribution in [0.25, 0.3) is 0 Å². The first kappa shape index (κ1) is 8.95. The lowest BCUT2D eigenvalue weighted by Gasteiger charge is -1.93. The number of esters is 1. The minimum atomic E-state index is -0.194. The molecule has 0 atom stereocenters. The summed E-state index contributed by atoms with van der Waals surface area (Å²) in [4.78, 5) is 10.6. The molecule has 0 spiro atoms. The van der Waals surface area contributed by atoms with Gasteiger partial charge in [0.25, 0.3) is 0 Å². The zero-order chi connectivity index (χ0) is 7.82. The summed E-state index contributed by atoms with van der Waals surface area (Å²) in [6, 6.07) is 0.